The second-order valence-electron chi connectivity index (χ2n) is 5.05. The molecule has 0 aliphatic rings. The molecule has 0 saturated carbocycles. The van der Waals surface area contributed by atoms with Crippen molar-refractivity contribution < 1.29 is 4.39 Å². The molecule has 0 fully saturated rings. The maximum Gasteiger partial charge on any atom is 0.133 e. The number of aromatic amines is 1. The van der Waals surface area contributed by atoms with Gasteiger partial charge in [0.15, 0.2) is 0 Å². The van der Waals surface area contributed by atoms with Gasteiger partial charge in [0.25, 0.3) is 0 Å². The Morgan fingerprint density at radius 3 is 2.53 bits per heavy atom. The molecule has 1 aromatic carbocycles. The molecule has 1 heterocycles. The highest BCUT2D eigenvalue weighted by atomic mass is 32.1. The summed E-state index contributed by atoms with van der Waals surface area (Å²) in [4.78, 5) is 7.64. The van der Waals surface area contributed by atoms with Crippen molar-refractivity contribution in [3.8, 4) is 11.3 Å². The van der Waals surface area contributed by atoms with Crippen molar-refractivity contribution in [1.82, 2.24) is 9.97 Å². The Morgan fingerprint density at radius 1 is 1.26 bits per heavy atom. The number of nitrogens with zero attached hydrogens (tertiary/aromatic N) is 1. The van der Waals surface area contributed by atoms with Gasteiger partial charge in [-0.2, -0.15) is 0 Å². The summed E-state index contributed by atoms with van der Waals surface area (Å²) in [6.07, 6.45) is 0. The molecule has 0 amide bonds. The SMILES string of the molecule is Cc1ccc(-c2[nH]c(C(C)C)nc(=S)c2C)cc1F. The topological polar surface area (TPSA) is 28.7 Å². The van der Waals surface area contributed by atoms with E-state index in [1.165, 1.54) is 6.07 Å². The lowest BCUT2D eigenvalue weighted by Crippen LogP contribution is -2.02. The Kier molecular flexibility index (Phi) is 3.80. The van der Waals surface area contributed by atoms with E-state index in [9.17, 15) is 4.39 Å². The fourth-order valence-corrected chi connectivity index (χ4v) is 2.06. The molecule has 0 bridgehead atoms. The largest absolute Gasteiger partial charge is 0.343 e. The van der Waals surface area contributed by atoms with Crippen LogP contribution in [0.15, 0.2) is 18.2 Å². The van der Waals surface area contributed by atoms with Gasteiger partial charge in [0.2, 0.25) is 0 Å². The Bertz CT molecular complexity index is 674. The zero-order valence-electron chi connectivity index (χ0n) is 11.5. The van der Waals surface area contributed by atoms with Gasteiger partial charge in [-0.05, 0) is 25.5 Å². The average Bonchev–Trinajstić information content (AvgIpc) is 2.35. The van der Waals surface area contributed by atoms with Crippen LogP contribution in [0.1, 0.15) is 36.7 Å². The van der Waals surface area contributed by atoms with Crippen molar-refractivity contribution in [2.45, 2.75) is 33.6 Å². The Balaban J connectivity index is 2.67. The summed E-state index contributed by atoms with van der Waals surface area (Å²) in [5, 5.41) is 0. The van der Waals surface area contributed by atoms with Crippen LogP contribution >= 0.6 is 12.2 Å². The number of aryl methyl sites for hydroxylation is 1. The monoisotopic (exact) mass is 276 g/mol. The summed E-state index contributed by atoms with van der Waals surface area (Å²) in [5.74, 6) is 0.863. The number of H-pyrrole nitrogens is 1. The Labute approximate surface area is 117 Å². The Morgan fingerprint density at radius 2 is 1.95 bits per heavy atom. The molecule has 2 rings (SSSR count). The van der Waals surface area contributed by atoms with Crippen molar-refractivity contribution in [2.24, 2.45) is 0 Å². The van der Waals surface area contributed by atoms with Crippen LogP contribution in [-0.4, -0.2) is 9.97 Å². The molecule has 0 atom stereocenters. The van der Waals surface area contributed by atoms with Gasteiger partial charge < -0.3 is 4.98 Å². The molecule has 2 aromatic rings. The van der Waals surface area contributed by atoms with Gasteiger partial charge in [0.05, 0.1) is 5.69 Å². The molecule has 19 heavy (non-hydrogen) atoms. The normalized spacial score (nSPS) is 11.1. The standard InChI is InChI=1S/C15H17FN2S/c1-8(2)14-17-13(10(4)15(19)18-14)11-6-5-9(3)12(16)7-11/h5-8H,1-4H3,(H,17,18,19). The maximum absolute atomic E-state index is 13.7. The number of hydrogen-bond donors (Lipinski definition) is 1. The van der Waals surface area contributed by atoms with E-state index in [0.717, 1.165) is 22.6 Å². The predicted molar refractivity (Wildman–Crippen MR) is 78.4 cm³/mol. The van der Waals surface area contributed by atoms with E-state index in [0.29, 0.717) is 10.2 Å². The van der Waals surface area contributed by atoms with Gasteiger partial charge in [0, 0.05) is 17.0 Å². The molecule has 4 heteroatoms. The van der Waals surface area contributed by atoms with E-state index in [1.54, 1.807) is 13.0 Å². The van der Waals surface area contributed by atoms with Gasteiger partial charge in [-0.15, -0.1) is 0 Å². The van der Waals surface area contributed by atoms with Gasteiger partial charge in [-0.25, -0.2) is 9.37 Å². The zero-order valence-corrected chi connectivity index (χ0v) is 12.4. The lowest BCUT2D eigenvalue weighted by molar-refractivity contribution is 0.619. The van der Waals surface area contributed by atoms with Gasteiger partial charge >= 0.3 is 0 Å². The van der Waals surface area contributed by atoms with E-state index in [2.05, 4.69) is 9.97 Å². The molecule has 0 aliphatic heterocycles. The molecule has 1 N–H and O–H groups in total. The average molecular weight is 276 g/mol. The highest BCUT2D eigenvalue weighted by molar-refractivity contribution is 7.71. The highest BCUT2D eigenvalue weighted by Gasteiger charge is 2.10. The molecule has 0 aliphatic carbocycles. The van der Waals surface area contributed by atoms with Crippen LogP contribution in [0.2, 0.25) is 0 Å². The van der Waals surface area contributed by atoms with Crippen LogP contribution in [-0.2, 0) is 0 Å². The number of hydrogen-bond acceptors (Lipinski definition) is 2. The van der Waals surface area contributed by atoms with E-state index < -0.39 is 0 Å². The molecular formula is C15H17FN2S. The molecule has 1 aromatic heterocycles. The van der Waals surface area contributed by atoms with Crippen LogP contribution in [0.3, 0.4) is 0 Å². The van der Waals surface area contributed by atoms with E-state index >= 15 is 0 Å². The number of halogens is 1. The van der Waals surface area contributed by atoms with E-state index in [1.807, 2.05) is 26.8 Å². The smallest absolute Gasteiger partial charge is 0.133 e. The lowest BCUT2D eigenvalue weighted by Gasteiger charge is -2.12. The van der Waals surface area contributed by atoms with Crippen LogP contribution in [0.4, 0.5) is 4.39 Å². The van der Waals surface area contributed by atoms with E-state index in [4.69, 9.17) is 12.2 Å². The highest BCUT2D eigenvalue weighted by Crippen LogP contribution is 2.25. The molecule has 0 radical (unpaired) electrons. The summed E-state index contributed by atoms with van der Waals surface area (Å²) in [5.41, 5.74) is 3.17. The van der Waals surface area contributed by atoms with Gasteiger partial charge in [-0.1, -0.05) is 38.2 Å². The number of nitrogens with one attached hydrogen (secondary N) is 1. The predicted octanol–water partition coefficient (Wildman–Crippen LogP) is 4.69. The summed E-state index contributed by atoms with van der Waals surface area (Å²) in [6.45, 7) is 7.74. The maximum atomic E-state index is 13.7. The summed E-state index contributed by atoms with van der Waals surface area (Å²) < 4.78 is 14.3. The summed E-state index contributed by atoms with van der Waals surface area (Å²) in [7, 11) is 0. The van der Waals surface area contributed by atoms with Gasteiger partial charge in [0.1, 0.15) is 16.3 Å². The zero-order chi connectivity index (χ0) is 14.2. The van der Waals surface area contributed by atoms with Crippen molar-refractivity contribution in [3.63, 3.8) is 0 Å². The molecule has 0 saturated heterocycles. The van der Waals surface area contributed by atoms with Crippen molar-refractivity contribution in [3.05, 3.63) is 45.6 Å². The lowest BCUT2D eigenvalue weighted by atomic mass is 10.0. The van der Waals surface area contributed by atoms with Crippen LogP contribution in [0, 0.1) is 24.3 Å². The fraction of sp³-hybridized carbons (Fsp3) is 0.333. The van der Waals surface area contributed by atoms with Crippen molar-refractivity contribution in [2.75, 3.05) is 0 Å². The number of rotatable bonds is 2. The minimum Gasteiger partial charge on any atom is -0.343 e. The molecular weight excluding hydrogens is 259 g/mol. The first kappa shape index (κ1) is 13.9. The Hall–Kier alpha value is -1.55. The third-order valence-electron chi connectivity index (χ3n) is 3.18. The van der Waals surface area contributed by atoms with Crippen LogP contribution in [0.5, 0.6) is 0 Å². The van der Waals surface area contributed by atoms with Crippen molar-refractivity contribution >= 4 is 12.2 Å². The van der Waals surface area contributed by atoms with Crippen molar-refractivity contribution in [1.29, 1.82) is 0 Å². The minimum atomic E-state index is -0.209. The number of aromatic nitrogens is 2. The van der Waals surface area contributed by atoms with Crippen LogP contribution in [0.25, 0.3) is 11.3 Å². The third-order valence-corrected chi connectivity index (χ3v) is 3.58. The first-order valence-electron chi connectivity index (χ1n) is 6.27. The minimum absolute atomic E-state index is 0.209. The van der Waals surface area contributed by atoms with E-state index in [-0.39, 0.29) is 11.7 Å². The second-order valence-corrected chi connectivity index (χ2v) is 5.43. The molecule has 2 nitrogen and oxygen atoms in total. The summed E-state index contributed by atoms with van der Waals surface area (Å²) in [6, 6.07) is 5.21. The first-order chi connectivity index (χ1) is 8.90. The van der Waals surface area contributed by atoms with Gasteiger partial charge in [-0.3, -0.25) is 0 Å². The molecule has 0 unspecified atom stereocenters. The molecule has 100 valence electrons. The first-order valence-corrected chi connectivity index (χ1v) is 6.68. The summed E-state index contributed by atoms with van der Waals surface area (Å²) >= 11 is 5.28. The number of benzene rings is 1. The quantitative estimate of drug-likeness (QED) is 0.806. The molecule has 0 spiro atoms. The van der Waals surface area contributed by atoms with Crippen LogP contribution < -0.4 is 0 Å². The fourth-order valence-electron chi connectivity index (χ4n) is 1.86. The third kappa shape index (κ3) is 2.73. The second kappa shape index (κ2) is 5.21.